The lowest BCUT2D eigenvalue weighted by Crippen LogP contribution is -2.19. The summed E-state index contributed by atoms with van der Waals surface area (Å²) in [5.41, 5.74) is 0.899. The molecule has 0 heterocycles. The number of ether oxygens (including phenoxy) is 2. The third-order valence-electron chi connectivity index (χ3n) is 3.63. The van der Waals surface area contributed by atoms with Gasteiger partial charge in [-0.25, -0.2) is 4.79 Å². The van der Waals surface area contributed by atoms with Crippen molar-refractivity contribution in [1.29, 1.82) is 0 Å². The van der Waals surface area contributed by atoms with E-state index in [1.54, 1.807) is 24.3 Å². The maximum Gasteiger partial charge on any atom is 0.395 e. The molecule has 0 saturated heterocycles. The lowest BCUT2D eigenvalue weighted by atomic mass is 10.2. The summed E-state index contributed by atoms with van der Waals surface area (Å²) in [7, 11) is -2.49. The largest absolute Gasteiger partial charge is 0.575 e. The first-order valence-electron chi connectivity index (χ1n) is 8.92. The predicted octanol–water partition coefficient (Wildman–Crippen LogP) is 4.03. The van der Waals surface area contributed by atoms with Crippen LogP contribution < -0.4 is 9.42 Å². The number of hydrogen-bond acceptors (Lipinski definition) is 7. The number of nitrogens with zero attached hydrogens (tertiary/aromatic N) is 1. The maximum atomic E-state index is 11.9. The Morgan fingerprint density at radius 3 is 2.52 bits per heavy atom. The topological polar surface area (TPSA) is 97.3 Å². The Kier molecular flexibility index (Phi) is 9.57. The molecule has 154 valence electrons. The van der Waals surface area contributed by atoms with Gasteiger partial charge in [0, 0.05) is 6.42 Å². The number of esters is 2. The van der Waals surface area contributed by atoms with Crippen molar-refractivity contribution in [2.75, 3.05) is 6.61 Å². The minimum atomic E-state index is -2.49. The van der Waals surface area contributed by atoms with Crippen molar-refractivity contribution in [1.82, 2.24) is 0 Å². The monoisotopic (exact) mass is 437 g/mol. The van der Waals surface area contributed by atoms with Crippen LogP contribution in [0.5, 0.6) is 5.75 Å². The summed E-state index contributed by atoms with van der Waals surface area (Å²) in [6.45, 7) is 1.68. The Morgan fingerprint density at radius 1 is 1.10 bits per heavy atom. The fourth-order valence-corrected chi connectivity index (χ4v) is 3.11. The second kappa shape index (κ2) is 12.2. The van der Waals surface area contributed by atoms with Gasteiger partial charge >= 0.3 is 20.1 Å². The smallest absolute Gasteiger partial charge is 0.395 e. The molecule has 0 aliphatic rings. The van der Waals surface area contributed by atoms with E-state index in [0.717, 1.165) is 5.56 Å². The molecule has 0 spiro atoms. The van der Waals surface area contributed by atoms with Crippen LogP contribution in [0.1, 0.15) is 25.3 Å². The van der Waals surface area contributed by atoms with Crippen LogP contribution in [-0.4, -0.2) is 24.6 Å². The number of carbonyl (C=O) groups excluding carboxylic acids is 2. The second-order valence-corrected chi connectivity index (χ2v) is 7.26. The third kappa shape index (κ3) is 8.60. The molecule has 2 rings (SSSR count). The molecule has 0 bridgehead atoms. The Labute approximate surface area is 175 Å². The zero-order valence-electron chi connectivity index (χ0n) is 15.8. The lowest BCUT2D eigenvalue weighted by molar-refractivity contribution is -0.169. The van der Waals surface area contributed by atoms with Crippen LogP contribution in [0.3, 0.4) is 0 Å². The molecular formula is C20H21ClNO6P. The molecule has 2 aromatic carbocycles. The van der Waals surface area contributed by atoms with Gasteiger partial charge < -0.3 is 14.4 Å². The molecule has 0 N–H and O–H groups in total. The summed E-state index contributed by atoms with van der Waals surface area (Å²) >= 11 is 5.91. The molecule has 9 heteroatoms. The van der Waals surface area contributed by atoms with Gasteiger partial charge in [-0.2, -0.15) is 0 Å². The molecule has 0 fully saturated rings. The van der Waals surface area contributed by atoms with E-state index in [-0.39, 0.29) is 31.4 Å². The summed E-state index contributed by atoms with van der Waals surface area (Å²) in [5.74, 6) is -0.818. The van der Waals surface area contributed by atoms with Crippen molar-refractivity contribution in [2.45, 2.75) is 32.4 Å². The number of carbonyl (C=O) groups is 2. The predicted molar refractivity (Wildman–Crippen MR) is 107 cm³/mol. The highest BCUT2D eigenvalue weighted by Gasteiger charge is 2.19. The van der Waals surface area contributed by atoms with E-state index in [1.807, 2.05) is 30.3 Å². The van der Waals surface area contributed by atoms with E-state index < -0.39 is 20.2 Å². The van der Waals surface area contributed by atoms with E-state index >= 15 is 0 Å². The summed E-state index contributed by atoms with van der Waals surface area (Å²) < 4.78 is 19.1. The van der Waals surface area contributed by atoms with Crippen LogP contribution in [0, 0.1) is 0 Å². The fourth-order valence-electron chi connectivity index (χ4n) is 2.14. The number of benzene rings is 2. The molecule has 0 radical (unpaired) electrons. The van der Waals surface area contributed by atoms with Crippen LogP contribution in [0.15, 0.2) is 59.3 Å². The first kappa shape index (κ1) is 22.8. The van der Waals surface area contributed by atoms with Gasteiger partial charge in [0.05, 0.1) is 11.6 Å². The number of halogens is 1. The van der Waals surface area contributed by atoms with Gasteiger partial charge in [0.15, 0.2) is 6.04 Å². The molecule has 0 aliphatic heterocycles. The van der Waals surface area contributed by atoms with E-state index in [2.05, 4.69) is 4.74 Å². The minimum Gasteiger partial charge on any atom is -0.575 e. The zero-order chi connectivity index (χ0) is 21.1. The molecule has 2 atom stereocenters. The molecular weight excluding hydrogens is 417 g/mol. The summed E-state index contributed by atoms with van der Waals surface area (Å²) in [4.78, 5) is 35.5. The quantitative estimate of drug-likeness (QED) is 0.316. The van der Waals surface area contributed by atoms with Crippen LogP contribution in [0.25, 0.3) is 0 Å². The van der Waals surface area contributed by atoms with Gasteiger partial charge in [0.2, 0.25) is 5.75 Å². The van der Waals surface area contributed by atoms with E-state index in [4.69, 9.17) is 25.6 Å². The van der Waals surface area contributed by atoms with Gasteiger partial charge in [-0.3, -0.25) is 9.32 Å². The fraction of sp³-hybridized carbons (Fsp3) is 0.300. The van der Waals surface area contributed by atoms with Crippen molar-refractivity contribution >= 4 is 31.7 Å². The molecule has 29 heavy (non-hydrogen) atoms. The third-order valence-corrected chi connectivity index (χ3v) is 4.83. The average Bonchev–Trinajstić information content (AvgIpc) is 2.72. The molecule has 1 unspecified atom stereocenters. The van der Waals surface area contributed by atoms with E-state index in [0.29, 0.717) is 11.4 Å². The first-order chi connectivity index (χ1) is 14.0. The van der Waals surface area contributed by atoms with E-state index in [9.17, 15) is 14.5 Å². The van der Waals surface area contributed by atoms with Crippen LogP contribution >= 0.6 is 19.8 Å². The van der Waals surface area contributed by atoms with Crippen molar-refractivity contribution < 1.29 is 28.5 Å². The maximum absolute atomic E-state index is 11.9. The van der Waals surface area contributed by atoms with Crippen LogP contribution in [0.4, 0.5) is 0 Å². The number of rotatable bonds is 10. The Balaban J connectivity index is 1.66. The normalized spacial score (nSPS) is 12.2. The number of hydrogen-bond donors (Lipinski definition) is 0. The van der Waals surface area contributed by atoms with E-state index in [1.165, 1.54) is 6.92 Å². The highest BCUT2D eigenvalue weighted by molar-refractivity contribution is 7.34. The van der Waals surface area contributed by atoms with Crippen molar-refractivity contribution in [3.63, 3.8) is 0 Å². The molecule has 7 nitrogen and oxygen atoms in total. The Hall–Kier alpha value is -2.47. The summed E-state index contributed by atoms with van der Waals surface area (Å²) in [6, 6.07) is 14.9. The SMILES string of the molecule is C[C@H](N=[P+]([O-])Oc1ccccc1Cl)C(=O)OCCCC(=O)OCc1ccccc1. The Bertz CT molecular complexity index is 846. The van der Waals surface area contributed by atoms with Crippen LogP contribution in [-0.2, 0) is 25.7 Å². The molecule has 0 aromatic heterocycles. The molecule has 2 aromatic rings. The first-order valence-corrected chi connectivity index (χ1v) is 10.4. The van der Waals surface area contributed by atoms with Gasteiger partial charge in [0.1, 0.15) is 6.61 Å². The highest BCUT2D eigenvalue weighted by atomic mass is 35.5. The second-order valence-electron chi connectivity index (χ2n) is 5.97. The highest BCUT2D eigenvalue weighted by Crippen LogP contribution is 2.30. The van der Waals surface area contributed by atoms with Crippen molar-refractivity contribution in [3.8, 4) is 5.75 Å². The van der Waals surface area contributed by atoms with Gasteiger partial charge in [-0.15, -0.1) is 0 Å². The zero-order valence-corrected chi connectivity index (χ0v) is 17.5. The summed E-state index contributed by atoms with van der Waals surface area (Å²) in [6.07, 6.45) is 0.434. The lowest BCUT2D eigenvalue weighted by Gasteiger charge is -2.07. The van der Waals surface area contributed by atoms with Gasteiger partial charge in [-0.05, 0) is 31.0 Å². The van der Waals surface area contributed by atoms with Crippen LogP contribution in [0.2, 0.25) is 5.02 Å². The molecule has 0 saturated carbocycles. The van der Waals surface area contributed by atoms with Crippen molar-refractivity contribution in [2.24, 2.45) is 4.74 Å². The molecule has 0 amide bonds. The minimum absolute atomic E-state index is 0.0291. The summed E-state index contributed by atoms with van der Waals surface area (Å²) in [5, 5.41) is 0.292. The average molecular weight is 438 g/mol. The van der Waals surface area contributed by atoms with Gasteiger partial charge in [-0.1, -0.05) is 58.8 Å². The van der Waals surface area contributed by atoms with Crippen molar-refractivity contribution in [3.05, 3.63) is 65.2 Å². The Morgan fingerprint density at radius 2 is 1.79 bits per heavy atom. The standard InChI is InChI=1S/C20H21ClNO6P/c1-15(22-29(25)28-18-11-6-5-10-17(18)21)20(24)26-13-7-12-19(23)27-14-16-8-3-2-4-9-16/h2-6,8-11,15H,7,12-14H2,1H3/t15-/m0/s1. The molecule has 0 aliphatic carbocycles. The number of para-hydroxylation sites is 1. The van der Waals surface area contributed by atoms with Gasteiger partial charge in [0.25, 0.3) is 0 Å².